The Morgan fingerprint density at radius 2 is 2.25 bits per heavy atom. The fourth-order valence-electron chi connectivity index (χ4n) is 1.37. The second-order valence-corrected chi connectivity index (χ2v) is 4.26. The van der Waals surface area contributed by atoms with Crippen molar-refractivity contribution in [2.24, 2.45) is 0 Å². The van der Waals surface area contributed by atoms with Crippen LogP contribution in [0.25, 0.3) is 0 Å². The highest BCUT2D eigenvalue weighted by atomic mass is 79.9. The fraction of sp³-hybridized carbons (Fsp3) is 0.545. The van der Waals surface area contributed by atoms with Gasteiger partial charge in [-0.05, 0) is 12.5 Å². The highest BCUT2D eigenvalue weighted by Gasteiger charge is 2.14. The van der Waals surface area contributed by atoms with Gasteiger partial charge in [-0.3, -0.25) is 4.79 Å². The summed E-state index contributed by atoms with van der Waals surface area (Å²) in [5, 5.41) is 8.18. The molecule has 4 nitrogen and oxygen atoms in total. The van der Waals surface area contributed by atoms with Crippen LogP contribution in [0.15, 0.2) is 18.5 Å². The molecule has 0 aliphatic carbocycles. The minimum absolute atomic E-state index is 0.0304. The average Bonchev–Trinajstić information content (AvgIpc) is 2.35. The zero-order valence-electron chi connectivity index (χ0n) is 9.40. The topological polar surface area (TPSA) is 46.1 Å². The van der Waals surface area contributed by atoms with Gasteiger partial charge < -0.3 is 4.90 Å². The van der Waals surface area contributed by atoms with E-state index in [1.54, 1.807) is 12.3 Å². The van der Waals surface area contributed by atoms with Gasteiger partial charge in [0.05, 0.1) is 18.0 Å². The van der Waals surface area contributed by atoms with E-state index in [0.29, 0.717) is 5.56 Å². The second-order valence-electron chi connectivity index (χ2n) is 3.47. The van der Waals surface area contributed by atoms with Gasteiger partial charge in [0.1, 0.15) is 0 Å². The van der Waals surface area contributed by atoms with E-state index >= 15 is 0 Å². The van der Waals surface area contributed by atoms with E-state index in [1.165, 1.54) is 6.20 Å². The smallest absolute Gasteiger partial charge is 0.255 e. The molecule has 1 aromatic heterocycles. The van der Waals surface area contributed by atoms with Crippen molar-refractivity contribution >= 4 is 21.8 Å². The fourth-order valence-corrected chi connectivity index (χ4v) is 1.79. The Hall–Kier alpha value is -0.970. The first-order valence-electron chi connectivity index (χ1n) is 5.41. The molecule has 0 aromatic carbocycles. The van der Waals surface area contributed by atoms with E-state index in [-0.39, 0.29) is 5.91 Å². The lowest BCUT2D eigenvalue weighted by molar-refractivity contribution is 0.0763. The lowest BCUT2D eigenvalue weighted by Crippen LogP contribution is -2.33. The lowest BCUT2D eigenvalue weighted by Gasteiger charge is -2.21. The number of carbonyl (C=O) groups is 1. The summed E-state index contributed by atoms with van der Waals surface area (Å²) in [6.07, 6.45) is 5.16. The van der Waals surface area contributed by atoms with Crippen LogP contribution in [0.2, 0.25) is 0 Å². The Balaban J connectivity index is 2.67. The van der Waals surface area contributed by atoms with Crippen LogP contribution in [-0.4, -0.2) is 39.4 Å². The molecular formula is C11H16BrN3O. The molecule has 0 aliphatic heterocycles. The number of alkyl halides is 1. The summed E-state index contributed by atoms with van der Waals surface area (Å²) in [7, 11) is 0. The monoisotopic (exact) mass is 285 g/mol. The standard InChI is InChI=1S/C11H16BrN3O/c1-2-3-7-15(8-5-12)11(16)10-4-6-13-14-9-10/h4,6,9H,2-3,5,7-8H2,1H3. The molecule has 1 heterocycles. The van der Waals surface area contributed by atoms with Crippen LogP contribution in [0, 0.1) is 0 Å². The molecular weight excluding hydrogens is 270 g/mol. The highest BCUT2D eigenvalue weighted by Crippen LogP contribution is 2.05. The predicted octanol–water partition coefficient (Wildman–Crippen LogP) is 2.11. The Labute approximate surface area is 104 Å². The Morgan fingerprint density at radius 1 is 1.44 bits per heavy atom. The number of aromatic nitrogens is 2. The summed E-state index contributed by atoms with van der Waals surface area (Å²) in [6, 6.07) is 1.70. The van der Waals surface area contributed by atoms with E-state index in [0.717, 1.165) is 31.3 Å². The summed E-state index contributed by atoms with van der Waals surface area (Å²) >= 11 is 3.36. The molecule has 1 amide bonds. The summed E-state index contributed by atoms with van der Waals surface area (Å²) in [4.78, 5) is 13.9. The second kappa shape index (κ2) is 7.33. The van der Waals surface area contributed by atoms with Gasteiger partial charge in [-0.15, -0.1) is 0 Å². The third-order valence-corrected chi connectivity index (χ3v) is 2.61. The molecule has 1 aromatic rings. The van der Waals surface area contributed by atoms with Crippen LogP contribution >= 0.6 is 15.9 Å². The van der Waals surface area contributed by atoms with Crippen LogP contribution in [0.4, 0.5) is 0 Å². The van der Waals surface area contributed by atoms with Gasteiger partial charge in [-0.25, -0.2) is 0 Å². The molecule has 0 saturated carbocycles. The van der Waals surface area contributed by atoms with E-state index in [1.807, 2.05) is 4.90 Å². The summed E-state index contributed by atoms with van der Waals surface area (Å²) < 4.78 is 0. The van der Waals surface area contributed by atoms with Crippen LogP contribution in [0.3, 0.4) is 0 Å². The number of carbonyl (C=O) groups excluding carboxylic acids is 1. The number of nitrogens with zero attached hydrogens (tertiary/aromatic N) is 3. The van der Waals surface area contributed by atoms with Gasteiger partial charge in [-0.2, -0.15) is 10.2 Å². The zero-order valence-corrected chi connectivity index (χ0v) is 11.0. The van der Waals surface area contributed by atoms with Crippen molar-refractivity contribution in [3.8, 4) is 0 Å². The van der Waals surface area contributed by atoms with Gasteiger partial charge in [-0.1, -0.05) is 29.3 Å². The minimum atomic E-state index is 0.0304. The Bertz CT molecular complexity index is 318. The first-order valence-corrected chi connectivity index (χ1v) is 6.53. The molecule has 0 spiro atoms. The van der Waals surface area contributed by atoms with Gasteiger partial charge in [0.25, 0.3) is 5.91 Å². The largest absolute Gasteiger partial charge is 0.338 e. The van der Waals surface area contributed by atoms with Crippen LogP contribution in [0.5, 0.6) is 0 Å². The molecule has 0 unspecified atom stereocenters. The average molecular weight is 286 g/mol. The summed E-state index contributed by atoms with van der Waals surface area (Å²) in [6.45, 7) is 3.63. The molecule has 0 radical (unpaired) electrons. The van der Waals surface area contributed by atoms with Crippen molar-refractivity contribution in [3.63, 3.8) is 0 Å². The third-order valence-electron chi connectivity index (χ3n) is 2.25. The molecule has 0 aliphatic rings. The van der Waals surface area contributed by atoms with Crippen LogP contribution in [-0.2, 0) is 0 Å². The van der Waals surface area contributed by atoms with E-state index < -0.39 is 0 Å². The maximum Gasteiger partial charge on any atom is 0.255 e. The van der Waals surface area contributed by atoms with Gasteiger partial charge >= 0.3 is 0 Å². The molecule has 0 saturated heterocycles. The molecule has 5 heteroatoms. The van der Waals surface area contributed by atoms with Crippen LogP contribution in [0.1, 0.15) is 30.1 Å². The van der Waals surface area contributed by atoms with E-state index in [4.69, 9.17) is 0 Å². The Morgan fingerprint density at radius 3 is 2.81 bits per heavy atom. The first-order chi connectivity index (χ1) is 7.79. The number of amides is 1. The van der Waals surface area contributed by atoms with E-state index in [2.05, 4.69) is 33.1 Å². The van der Waals surface area contributed by atoms with Crippen molar-refractivity contribution < 1.29 is 4.79 Å². The predicted molar refractivity (Wildman–Crippen MR) is 66.6 cm³/mol. The SMILES string of the molecule is CCCCN(CCBr)C(=O)c1ccnnc1. The molecule has 16 heavy (non-hydrogen) atoms. The van der Waals surface area contributed by atoms with Crippen molar-refractivity contribution in [2.45, 2.75) is 19.8 Å². The minimum Gasteiger partial charge on any atom is -0.338 e. The molecule has 0 atom stereocenters. The first kappa shape index (κ1) is 13.1. The lowest BCUT2D eigenvalue weighted by atomic mass is 10.2. The third kappa shape index (κ3) is 3.89. The van der Waals surface area contributed by atoms with Crippen molar-refractivity contribution in [3.05, 3.63) is 24.0 Å². The molecule has 0 fully saturated rings. The molecule has 0 bridgehead atoms. The maximum absolute atomic E-state index is 12.1. The van der Waals surface area contributed by atoms with Gasteiger partial charge in [0.15, 0.2) is 0 Å². The number of hydrogen-bond donors (Lipinski definition) is 0. The molecule has 88 valence electrons. The normalized spacial score (nSPS) is 10.1. The van der Waals surface area contributed by atoms with Gasteiger partial charge in [0.2, 0.25) is 0 Å². The van der Waals surface area contributed by atoms with E-state index in [9.17, 15) is 4.79 Å². The van der Waals surface area contributed by atoms with Crippen molar-refractivity contribution in [1.82, 2.24) is 15.1 Å². The number of hydrogen-bond acceptors (Lipinski definition) is 3. The number of unbranched alkanes of at least 4 members (excludes halogenated alkanes) is 1. The summed E-state index contributed by atoms with van der Waals surface area (Å²) in [5.74, 6) is 0.0304. The Kier molecular flexibility index (Phi) is 6.00. The molecule has 0 N–H and O–H groups in total. The zero-order chi connectivity index (χ0) is 11.8. The number of halogens is 1. The summed E-state index contributed by atoms with van der Waals surface area (Å²) in [5.41, 5.74) is 0.604. The maximum atomic E-state index is 12.1. The van der Waals surface area contributed by atoms with Crippen molar-refractivity contribution in [1.29, 1.82) is 0 Å². The quantitative estimate of drug-likeness (QED) is 0.752. The van der Waals surface area contributed by atoms with Crippen molar-refractivity contribution in [2.75, 3.05) is 18.4 Å². The van der Waals surface area contributed by atoms with Crippen LogP contribution < -0.4 is 0 Å². The highest BCUT2D eigenvalue weighted by molar-refractivity contribution is 9.09. The molecule has 1 rings (SSSR count). The van der Waals surface area contributed by atoms with Gasteiger partial charge in [0, 0.05) is 18.4 Å². The number of rotatable bonds is 6.